The van der Waals surface area contributed by atoms with Gasteiger partial charge in [-0.2, -0.15) is 13.2 Å². The second kappa shape index (κ2) is 8.88. The number of piperidine rings is 1. The van der Waals surface area contributed by atoms with Crippen LogP contribution in [0.2, 0.25) is 10.0 Å². The topological polar surface area (TPSA) is 62.5 Å². The van der Waals surface area contributed by atoms with Crippen molar-refractivity contribution in [1.29, 1.82) is 0 Å². The normalized spacial score (nSPS) is 18.6. The van der Waals surface area contributed by atoms with Crippen LogP contribution in [-0.4, -0.2) is 44.5 Å². The monoisotopic (exact) mass is 485 g/mol. The number of pyridine rings is 1. The van der Waals surface area contributed by atoms with Crippen LogP contribution in [0, 0.1) is 0 Å². The van der Waals surface area contributed by atoms with Gasteiger partial charge in [0.2, 0.25) is 5.91 Å². The molecule has 0 bridgehead atoms. The van der Waals surface area contributed by atoms with Gasteiger partial charge in [0, 0.05) is 34.4 Å². The molecule has 1 N–H and O–H groups in total. The number of carbonyl (C=O) groups is 1. The average Bonchev–Trinajstić information content (AvgIpc) is 3.15. The van der Waals surface area contributed by atoms with Gasteiger partial charge in [-0.1, -0.05) is 23.2 Å². The standard InChI is InChI=1S/C21H20Cl2F3N5O/c1-12(20(32)27-17-8-15(22)7-16(23)9-17)30-6-2-3-13(10-30)19-29-28-18-5-4-14(11-31(18)19)21(24,25)26/h4-5,7-9,11-13H,2-3,6,10H2,1H3,(H,27,32)/t12-,13-/m1/s1. The number of nitrogens with one attached hydrogen (secondary N) is 1. The van der Waals surface area contributed by atoms with E-state index in [1.807, 2.05) is 4.90 Å². The van der Waals surface area contributed by atoms with Crippen LogP contribution in [-0.2, 0) is 11.0 Å². The molecule has 1 amide bonds. The highest BCUT2D eigenvalue weighted by Gasteiger charge is 2.33. The zero-order chi connectivity index (χ0) is 23.0. The van der Waals surface area contributed by atoms with Crippen LogP contribution in [0.1, 0.15) is 37.1 Å². The maximum Gasteiger partial charge on any atom is 0.417 e. The zero-order valence-electron chi connectivity index (χ0n) is 17.0. The third-order valence-electron chi connectivity index (χ3n) is 5.63. The summed E-state index contributed by atoms with van der Waals surface area (Å²) >= 11 is 12.0. The summed E-state index contributed by atoms with van der Waals surface area (Å²) in [5.74, 6) is 0.0811. The summed E-state index contributed by atoms with van der Waals surface area (Å²) in [6, 6.07) is 6.63. The van der Waals surface area contributed by atoms with Gasteiger partial charge >= 0.3 is 6.18 Å². The Balaban J connectivity index is 1.51. The first-order chi connectivity index (χ1) is 15.1. The number of likely N-dealkylation sites (tertiary alicyclic amines) is 1. The van der Waals surface area contributed by atoms with E-state index >= 15 is 0 Å². The lowest BCUT2D eigenvalue weighted by atomic mass is 9.96. The van der Waals surface area contributed by atoms with Crippen molar-refractivity contribution in [3.8, 4) is 0 Å². The lowest BCUT2D eigenvalue weighted by Gasteiger charge is -2.35. The van der Waals surface area contributed by atoms with Gasteiger partial charge in [-0.05, 0) is 56.6 Å². The molecule has 2 atom stereocenters. The number of fused-ring (bicyclic) bond motifs is 1. The summed E-state index contributed by atoms with van der Waals surface area (Å²) in [7, 11) is 0. The molecule has 1 saturated heterocycles. The number of aromatic nitrogens is 3. The molecule has 1 aliphatic heterocycles. The molecule has 4 rings (SSSR count). The number of benzene rings is 1. The number of halogens is 5. The Morgan fingerprint density at radius 2 is 1.91 bits per heavy atom. The Kier molecular flexibility index (Phi) is 6.33. The van der Waals surface area contributed by atoms with E-state index < -0.39 is 17.8 Å². The second-order valence-electron chi connectivity index (χ2n) is 7.86. The molecule has 3 heterocycles. The Labute approximate surface area is 192 Å². The van der Waals surface area contributed by atoms with Crippen LogP contribution < -0.4 is 5.32 Å². The molecule has 2 aromatic heterocycles. The Morgan fingerprint density at radius 3 is 2.59 bits per heavy atom. The molecule has 11 heteroatoms. The van der Waals surface area contributed by atoms with Crippen LogP contribution in [0.15, 0.2) is 36.5 Å². The van der Waals surface area contributed by atoms with Crippen molar-refractivity contribution in [2.45, 2.75) is 37.9 Å². The summed E-state index contributed by atoms with van der Waals surface area (Å²) in [5, 5.41) is 11.8. The summed E-state index contributed by atoms with van der Waals surface area (Å²) < 4.78 is 40.9. The minimum Gasteiger partial charge on any atom is -0.325 e. The molecule has 1 aromatic carbocycles. The summed E-state index contributed by atoms with van der Waals surface area (Å²) in [6.45, 7) is 2.95. The predicted molar refractivity (Wildman–Crippen MR) is 116 cm³/mol. The van der Waals surface area contributed by atoms with Crippen molar-refractivity contribution >= 4 is 40.4 Å². The number of hydrogen-bond donors (Lipinski definition) is 1. The van der Waals surface area contributed by atoms with E-state index in [2.05, 4.69) is 15.5 Å². The van der Waals surface area contributed by atoms with Gasteiger partial charge in [-0.15, -0.1) is 10.2 Å². The predicted octanol–water partition coefficient (Wildman–Crippen LogP) is 5.26. The Hall–Kier alpha value is -2.36. The van der Waals surface area contributed by atoms with Crippen molar-refractivity contribution in [2.75, 3.05) is 18.4 Å². The van der Waals surface area contributed by atoms with E-state index in [1.54, 1.807) is 25.1 Å². The van der Waals surface area contributed by atoms with Crippen LogP contribution in [0.4, 0.5) is 18.9 Å². The molecule has 0 spiro atoms. The molecule has 32 heavy (non-hydrogen) atoms. The van der Waals surface area contributed by atoms with Crippen LogP contribution >= 0.6 is 23.2 Å². The van der Waals surface area contributed by atoms with E-state index in [0.29, 0.717) is 40.3 Å². The quantitative estimate of drug-likeness (QED) is 0.547. The Morgan fingerprint density at radius 1 is 1.19 bits per heavy atom. The van der Waals surface area contributed by atoms with Gasteiger partial charge in [0.25, 0.3) is 0 Å². The highest BCUT2D eigenvalue weighted by Crippen LogP contribution is 2.32. The third kappa shape index (κ3) is 4.84. The fourth-order valence-electron chi connectivity index (χ4n) is 3.96. The van der Waals surface area contributed by atoms with Crippen molar-refractivity contribution in [3.63, 3.8) is 0 Å². The average molecular weight is 486 g/mol. The number of nitrogens with zero attached hydrogens (tertiary/aromatic N) is 4. The van der Waals surface area contributed by atoms with Gasteiger partial charge in [-0.25, -0.2) is 0 Å². The smallest absolute Gasteiger partial charge is 0.325 e. The van der Waals surface area contributed by atoms with E-state index in [9.17, 15) is 18.0 Å². The van der Waals surface area contributed by atoms with Gasteiger partial charge in [-0.3, -0.25) is 14.1 Å². The highest BCUT2D eigenvalue weighted by molar-refractivity contribution is 6.35. The molecule has 6 nitrogen and oxygen atoms in total. The van der Waals surface area contributed by atoms with Gasteiger partial charge in [0.1, 0.15) is 5.82 Å². The number of rotatable bonds is 4. The first kappa shape index (κ1) is 22.8. The molecule has 1 fully saturated rings. The van der Waals surface area contributed by atoms with Gasteiger partial charge < -0.3 is 5.32 Å². The second-order valence-corrected chi connectivity index (χ2v) is 8.73. The lowest BCUT2D eigenvalue weighted by molar-refractivity contribution is -0.137. The molecular weight excluding hydrogens is 466 g/mol. The number of alkyl halides is 3. The van der Waals surface area contributed by atoms with Crippen molar-refractivity contribution in [1.82, 2.24) is 19.5 Å². The fraction of sp³-hybridized carbons (Fsp3) is 0.381. The first-order valence-electron chi connectivity index (χ1n) is 10.0. The summed E-state index contributed by atoms with van der Waals surface area (Å²) in [5.41, 5.74) is 0.0939. The maximum atomic E-state index is 13.2. The van der Waals surface area contributed by atoms with Crippen LogP contribution in [0.25, 0.3) is 5.65 Å². The minimum absolute atomic E-state index is 0.155. The third-order valence-corrected chi connectivity index (χ3v) is 6.07. The Bertz CT molecular complexity index is 1130. The van der Waals surface area contributed by atoms with Crippen molar-refractivity contribution in [2.24, 2.45) is 0 Å². The number of anilines is 1. The molecule has 0 saturated carbocycles. The zero-order valence-corrected chi connectivity index (χ0v) is 18.5. The molecular formula is C21H20Cl2F3N5O. The van der Waals surface area contributed by atoms with Crippen LogP contribution in [0.5, 0.6) is 0 Å². The number of carbonyl (C=O) groups excluding carboxylic acids is 1. The van der Waals surface area contributed by atoms with E-state index in [4.69, 9.17) is 23.2 Å². The lowest BCUT2D eigenvalue weighted by Crippen LogP contribution is -2.46. The molecule has 0 aliphatic carbocycles. The van der Waals surface area contributed by atoms with Crippen LogP contribution in [0.3, 0.4) is 0 Å². The number of hydrogen-bond acceptors (Lipinski definition) is 4. The van der Waals surface area contributed by atoms with E-state index in [0.717, 1.165) is 25.1 Å². The summed E-state index contributed by atoms with van der Waals surface area (Å²) in [6.07, 6.45) is -1.91. The maximum absolute atomic E-state index is 13.2. The van der Waals surface area contributed by atoms with Gasteiger partial charge in [0.15, 0.2) is 5.65 Å². The minimum atomic E-state index is -4.45. The number of amides is 1. The summed E-state index contributed by atoms with van der Waals surface area (Å²) in [4.78, 5) is 14.8. The molecule has 170 valence electrons. The first-order valence-corrected chi connectivity index (χ1v) is 10.8. The van der Waals surface area contributed by atoms with E-state index in [-0.39, 0.29) is 11.8 Å². The molecule has 0 unspecified atom stereocenters. The van der Waals surface area contributed by atoms with Crippen molar-refractivity contribution < 1.29 is 18.0 Å². The molecule has 0 radical (unpaired) electrons. The van der Waals surface area contributed by atoms with Gasteiger partial charge in [0.05, 0.1) is 11.6 Å². The largest absolute Gasteiger partial charge is 0.417 e. The highest BCUT2D eigenvalue weighted by atomic mass is 35.5. The van der Waals surface area contributed by atoms with Crippen molar-refractivity contribution in [3.05, 3.63) is 58.0 Å². The van der Waals surface area contributed by atoms with E-state index in [1.165, 1.54) is 10.5 Å². The molecule has 3 aromatic rings. The SMILES string of the molecule is C[C@H](C(=O)Nc1cc(Cl)cc(Cl)c1)N1CCC[C@@H](c2nnc3ccc(C(F)(F)F)cn23)C1. The molecule has 1 aliphatic rings. The fourth-order valence-corrected chi connectivity index (χ4v) is 4.49.